The van der Waals surface area contributed by atoms with Crippen molar-refractivity contribution in [3.05, 3.63) is 58.6 Å². The number of benzene rings is 2. The van der Waals surface area contributed by atoms with Gasteiger partial charge in [0.2, 0.25) is 0 Å². The first kappa shape index (κ1) is 13.9. The topological polar surface area (TPSA) is 49.5 Å². The van der Waals surface area contributed by atoms with Gasteiger partial charge in [-0.05, 0) is 23.8 Å². The third-order valence-corrected chi connectivity index (χ3v) is 3.41. The first-order chi connectivity index (χ1) is 9.20. The second-order valence-electron chi connectivity index (χ2n) is 4.33. The highest BCUT2D eigenvalue weighted by atomic mass is 79.9. The SMILES string of the molecule is Nc1cc(Br)ccc1N(CCO)Cc1ccccc1. The van der Waals surface area contributed by atoms with Crippen molar-refractivity contribution in [1.29, 1.82) is 0 Å². The van der Waals surface area contributed by atoms with Gasteiger partial charge in [0.05, 0.1) is 18.0 Å². The van der Waals surface area contributed by atoms with E-state index in [-0.39, 0.29) is 6.61 Å². The molecular weight excluding hydrogens is 304 g/mol. The summed E-state index contributed by atoms with van der Waals surface area (Å²) in [4.78, 5) is 2.08. The molecule has 4 heteroatoms. The fourth-order valence-corrected chi connectivity index (χ4v) is 2.40. The first-order valence-corrected chi connectivity index (χ1v) is 6.95. The number of aliphatic hydroxyl groups is 1. The van der Waals surface area contributed by atoms with E-state index in [2.05, 4.69) is 33.0 Å². The lowest BCUT2D eigenvalue weighted by Gasteiger charge is -2.25. The summed E-state index contributed by atoms with van der Waals surface area (Å²) in [6.07, 6.45) is 0. The fourth-order valence-electron chi connectivity index (χ4n) is 2.02. The molecule has 2 aromatic rings. The maximum Gasteiger partial charge on any atom is 0.0606 e. The van der Waals surface area contributed by atoms with Crippen LogP contribution < -0.4 is 10.6 Å². The average molecular weight is 321 g/mol. The minimum Gasteiger partial charge on any atom is -0.397 e. The molecule has 0 heterocycles. The molecule has 0 atom stereocenters. The highest BCUT2D eigenvalue weighted by Crippen LogP contribution is 2.27. The summed E-state index contributed by atoms with van der Waals surface area (Å²) >= 11 is 3.40. The summed E-state index contributed by atoms with van der Waals surface area (Å²) in [5.41, 5.74) is 8.90. The minimum absolute atomic E-state index is 0.0995. The normalized spacial score (nSPS) is 10.4. The zero-order valence-electron chi connectivity index (χ0n) is 10.6. The first-order valence-electron chi connectivity index (χ1n) is 6.15. The zero-order valence-corrected chi connectivity index (χ0v) is 12.2. The molecule has 3 nitrogen and oxygen atoms in total. The van der Waals surface area contributed by atoms with Gasteiger partial charge >= 0.3 is 0 Å². The maximum atomic E-state index is 9.23. The van der Waals surface area contributed by atoms with Crippen LogP contribution in [0.2, 0.25) is 0 Å². The zero-order chi connectivity index (χ0) is 13.7. The number of aliphatic hydroxyl groups excluding tert-OH is 1. The van der Waals surface area contributed by atoms with Crippen LogP contribution in [0, 0.1) is 0 Å². The molecule has 19 heavy (non-hydrogen) atoms. The Morgan fingerprint density at radius 2 is 1.84 bits per heavy atom. The maximum absolute atomic E-state index is 9.23. The predicted octanol–water partition coefficient (Wildman–Crippen LogP) is 3.03. The van der Waals surface area contributed by atoms with Crippen LogP contribution in [0.3, 0.4) is 0 Å². The molecular formula is C15H17BrN2O. The van der Waals surface area contributed by atoms with E-state index in [9.17, 15) is 5.11 Å². The van der Waals surface area contributed by atoms with Crippen LogP contribution in [0.15, 0.2) is 53.0 Å². The molecule has 0 aliphatic carbocycles. The lowest BCUT2D eigenvalue weighted by atomic mass is 10.2. The number of nitrogen functional groups attached to an aromatic ring is 1. The number of halogens is 1. The summed E-state index contributed by atoms with van der Waals surface area (Å²) in [6, 6.07) is 16.0. The summed E-state index contributed by atoms with van der Waals surface area (Å²) in [6.45, 7) is 1.39. The quantitative estimate of drug-likeness (QED) is 0.832. The Balaban J connectivity index is 2.24. The Kier molecular flexibility index (Phi) is 4.82. The largest absolute Gasteiger partial charge is 0.397 e. The van der Waals surface area contributed by atoms with E-state index in [0.717, 1.165) is 16.7 Å². The number of nitrogens with two attached hydrogens (primary N) is 1. The summed E-state index contributed by atoms with van der Waals surface area (Å²) in [5.74, 6) is 0. The molecule has 0 aliphatic rings. The molecule has 0 fully saturated rings. The van der Waals surface area contributed by atoms with Gasteiger partial charge in [0, 0.05) is 17.6 Å². The van der Waals surface area contributed by atoms with E-state index in [1.165, 1.54) is 5.56 Å². The van der Waals surface area contributed by atoms with Gasteiger partial charge in [-0.1, -0.05) is 46.3 Å². The molecule has 2 aromatic carbocycles. The second kappa shape index (κ2) is 6.59. The summed E-state index contributed by atoms with van der Waals surface area (Å²) < 4.78 is 0.956. The van der Waals surface area contributed by atoms with Crippen LogP contribution in [0.5, 0.6) is 0 Å². The Morgan fingerprint density at radius 3 is 2.47 bits per heavy atom. The molecule has 0 saturated heterocycles. The van der Waals surface area contributed by atoms with Crippen molar-refractivity contribution in [2.24, 2.45) is 0 Å². The number of hydrogen-bond acceptors (Lipinski definition) is 3. The van der Waals surface area contributed by atoms with Gasteiger partial charge in [-0.3, -0.25) is 0 Å². The van der Waals surface area contributed by atoms with E-state index in [1.54, 1.807) is 0 Å². The molecule has 0 aromatic heterocycles. The van der Waals surface area contributed by atoms with Crippen molar-refractivity contribution in [2.45, 2.75) is 6.54 Å². The van der Waals surface area contributed by atoms with Crippen molar-refractivity contribution < 1.29 is 5.11 Å². The van der Waals surface area contributed by atoms with Crippen molar-refractivity contribution in [2.75, 3.05) is 23.8 Å². The van der Waals surface area contributed by atoms with Gasteiger partial charge in [-0.15, -0.1) is 0 Å². The second-order valence-corrected chi connectivity index (χ2v) is 5.25. The van der Waals surface area contributed by atoms with Crippen molar-refractivity contribution in [1.82, 2.24) is 0 Å². The van der Waals surface area contributed by atoms with E-state index in [1.807, 2.05) is 36.4 Å². The van der Waals surface area contributed by atoms with Gasteiger partial charge < -0.3 is 15.7 Å². The van der Waals surface area contributed by atoms with E-state index in [0.29, 0.717) is 12.2 Å². The number of anilines is 2. The monoisotopic (exact) mass is 320 g/mol. The molecule has 0 aliphatic heterocycles. The van der Waals surface area contributed by atoms with Gasteiger partial charge in [-0.25, -0.2) is 0 Å². The Bertz CT molecular complexity index is 531. The van der Waals surface area contributed by atoms with Crippen LogP contribution >= 0.6 is 15.9 Å². The lowest BCUT2D eigenvalue weighted by molar-refractivity contribution is 0.301. The molecule has 100 valence electrons. The highest BCUT2D eigenvalue weighted by Gasteiger charge is 2.10. The van der Waals surface area contributed by atoms with Crippen molar-refractivity contribution in [3.8, 4) is 0 Å². The van der Waals surface area contributed by atoms with Crippen LogP contribution in [0.25, 0.3) is 0 Å². The Hall–Kier alpha value is -1.52. The molecule has 0 bridgehead atoms. The van der Waals surface area contributed by atoms with Crippen LogP contribution in [-0.2, 0) is 6.54 Å². The van der Waals surface area contributed by atoms with Gasteiger partial charge in [0.15, 0.2) is 0 Å². The number of nitrogens with zero attached hydrogens (tertiary/aromatic N) is 1. The molecule has 3 N–H and O–H groups in total. The smallest absolute Gasteiger partial charge is 0.0606 e. The molecule has 0 spiro atoms. The van der Waals surface area contributed by atoms with Crippen LogP contribution in [0.4, 0.5) is 11.4 Å². The highest BCUT2D eigenvalue weighted by molar-refractivity contribution is 9.10. The summed E-state index contributed by atoms with van der Waals surface area (Å²) in [5, 5.41) is 9.23. The van der Waals surface area contributed by atoms with Gasteiger partial charge in [0.25, 0.3) is 0 Å². The van der Waals surface area contributed by atoms with Crippen LogP contribution in [0.1, 0.15) is 5.56 Å². The van der Waals surface area contributed by atoms with Gasteiger partial charge in [-0.2, -0.15) is 0 Å². The number of hydrogen-bond donors (Lipinski definition) is 2. The standard InChI is InChI=1S/C15H17BrN2O/c16-13-6-7-15(14(17)10-13)18(8-9-19)11-12-4-2-1-3-5-12/h1-7,10,19H,8-9,11,17H2. The average Bonchev–Trinajstić information content (AvgIpc) is 2.39. The third kappa shape index (κ3) is 3.72. The Morgan fingerprint density at radius 1 is 1.11 bits per heavy atom. The predicted molar refractivity (Wildman–Crippen MR) is 83.1 cm³/mol. The fraction of sp³-hybridized carbons (Fsp3) is 0.200. The molecule has 0 amide bonds. The molecule has 0 saturated carbocycles. The van der Waals surface area contributed by atoms with Gasteiger partial charge in [0.1, 0.15) is 0 Å². The summed E-state index contributed by atoms with van der Waals surface area (Å²) in [7, 11) is 0. The molecule has 0 unspecified atom stereocenters. The molecule has 0 radical (unpaired) electrons. The Labute approximate surface area is 121 Å². The van der Waals surface area contributed by atoms with E-state index >= 15 is 0 Å². The molecule has 2 rings (SSSR count). The third-order valence-electron chi connectivity index (χ3n) is 2.92. The lowest BCUT2D eigenvalue weighted by Crippen LogP contribution is -2.26. The van der Waals surface area contributed by atoms with E-state index in [4.69, 9.17) is 5.73 Å². The minimum atomic E-state index is 0.0995. The van der Waals surface area contributed by atoms with E-state index < -0.39 is 0 Å². The van der Waals surface area contributed by atoms with Crippen molar-refractivity contribution in [3.63, 3.8) is 0 Å². The van der Waals surface area contributed by atoms with Crippen molar-refractivity contribution >= 4 is 27.3 Å². The number of rotatable bonds is 5. The van der Waals surface area contributed by atoms with Crippen LogP contribution in [-0.4, -0.2) is 18.3 Å².